The van der Waals surface area contributed by atoms with Crippen LogP contribution in [0.15, 0.2) is 54.9 Å². The maximum absolute atomic E-state index is 10.3. The van der Waals surface area contributed by atoms with Crippen LogP contribution < -0.4 is 9.47 Å². The Labute approximate surface area is 190 Å². The summed E-state index contributed by atoms with van der Waals surface area (Å²) >= 11 is 1.69. The van der Waals surface area contributed by atoms with E-state index in [1.54, 1.807) is 30.8 Å². The zero-order chi connectivity index (χ0) is 21.9. The van der Waals surface area contributed by atoms with Gasteiger partial charge in [0.1, 0.15) is 11.5 Å². The molecule has 1 N–H and O–H groups in total. The van der Waals surface area contributed by atoms with Gasteiger partial charge in [-0.25, -0.2) is 9.97 Å². The van der Waals surface area contributed by atoms with Gasteiger partial charge in [0, 0.05) is 42.6 Å². The third-order valence-electron chi connectivity index (χ3n) is 5.92. The van der Waals surface area contributed by atoms with Crippen molar-refractivity contribution in [2.24, 2.45) is 5.92 Å². The molecule has 5 rings (SSSR count). The third-order valence-corrected chi connectivity index (χ3v) is 6.96. The molecule has 2 atom stereocenters. The van der Waals surface area contributed by atoms with E-state index in [0.29, 0.717) is 17.5 Å². The summed E-state index contributed by atoms with van der Waals surface area (Å²) < 4.78 is 12.3. The molecule has 1 aromatic carbocycles. The average molecular weight is 448 g/mol. The molecule has 0 amide bonds. The van der Waals surface area contributed by atoms with Crippen LogP contribution in [-0.4, -0.2) is 33.3 Å². The molecule has 0 aliphatic heterocycles. The van der Waals surface area contributed by atoms with Crippen LogP contribution in [0.5, 0.6) is 17.4 Å². The number of benzene rings is 1. The Bertz CT molecular complexity index is 1210. The Morgan fingerprint density at radius 1 is 1.03 bits per heavy atom. The van der Waals surface area contributed by atoms with Crippen molar-refractivity contribution in [3.8, 4) is 28.6 Å². The van der Waals surface area contributed by atoms with Gasteiger partial charge in [0.05, 0.1) is 34.1 Å². The molecule has 0 radical (unpaired) electrons. The molecule has 1 fully saturated rings. The van der Waals surface area contributed by atoms with Crippen LogP contribution in [0.1, 0.15) is 30.7 Å². The highest BCUT2D eigenvalue weighted by atomic mass is 32.1. The molecule has 0 bridgehead atoms. The van der Waals surface area contributed by atoms with Crippen LogP contribution in [0, 0.1) is 5.92 Å². The number of hydrogen-bond acceptors (Lipinski definition) is 7. The molecular formula is C25H25N3O3S. The van der Waals surface area contributed by atoms with Crippen LogP contribution in [0.4, 0.5) is 0 Å². The first-order valence-electron chi connectivity index (χ1n) is 10.9. The van der Waals surface area contributed by atoms with Crippen molar-refractivity contribution in [1.29, 1.82) is 0 Å². The van der Waals surface area contributed by atoms with Crippen LogP contribution in [0.25, 0.3) is 21.5 Å². The minimum absolute atomic E-state index is 0.198. The largest absolute Gasteiger partial charge is 0.481 e. The summed E-state index contributed by atoms with van der Waals surface area (Å²) in [5.74, 6) is 2.36. The molecule has 0 spiro atoms. The summed E-state index contributed by atoms with van der Waals surface area (Å²) in [4.78, 5) is 13.5. The normalized spacial score (nSPS) is 18.6. The van der Waals surface area contributed by atoms with Gasteiger partial charge < -0.3 is 14.6 Å². The molecule has 3 aromatic heterocycles. The molecule has 6 nitrogen and oxygen atoms in total. The quantitative estimate of drug-likeness (QED) is 0.412. The van der Waals surface area contributed by atoms with E-state index in [2.05, 4.69) is 9.97 Å². The Morgan fingerprint density at radius 2 is 1.91 bits per heavy atom. The minimum Gasteiger partial charge on any atom is -0.481 e. The Hall–Kier alpha value is -3.03. The number of nitrogens with zero attached hydrogens (tertiary/aromatic N) is 3. The number of aliphatic hydroxyl groups excluding tert-OH is 1. The predicted molar refractivity (Wildman–Crippen MR) is 125 cm³/mol. The van der Waals surface area contributed by atoms with Crippen LogP contribution in [0.2, 0.25) is 0 Å². The maximum atomic E-state index is 10.3. The van der Waals surface area contributed by atoms with Crippen molar-refractivity contribution < 1.29 is 14.6 Å². The first-order chi connectivity index (χ1) is 15.7. The second kappa shape index (κ2) is 9.22. The number of thiazole rings is 1. The fraction of sp³-hybridized carbons (Fsp3) is 0.320. The highest BCUT2D eigenvalue weighted by Gasteiger charge is 2.24. The Morgan fingerprint density at radius 3 is 2.72 bits per heavy atom. The summed E-state index contributed by atoms with van der Waals surface area (Å²) in [5.41, 5.74) is 2.65. The second-order valence-corrected chi connectivity index (χ2v) is 9.24. The average Bonchev–Trinajstić information content (AvgIpc) is 3.22. The number of hydrogen-bond donors (Lipinski definition) is 1. The number of ether oxygens (including phenoxy) is 2. The molecule has 4 aromatic rings. The minimum atomic E-state index is -0.198. The molecule has 0 saturated heterocycles. The number of aliphatic hydroxyl groups is 1. The van der Waals surface area contributed by atoms with Crippen molar-refractivity contribution in [1.82, 2.24) is 15.0 Å². The first kappa shape index (κ1) is 20.8. The van der Waals surface area contributed by atoms with Gasteiger partial charge in [-0.05, 0) is 43.0 Å². The van der Waals surface area contributed by atoms with Crippen molar-refractivity contribution in [2.45, 2.75) is 38.2 Å². The van der Waals surface area contributed by atoms with Gasteiger partial charge in [-0.3, -0.25) is 4.98 Å². The number of methoxy groups -OCH3 is 1. The van der Waals surface area contributed by atoms with Crippen LogP contribution in [0.3, 0.4) is 0 Å². The predicted octanol–water partition coefficient (Wildman–Crippen LogP) is 5.65. The SMILES string of the molecule is COc1ccc(-c2cc(Oc3ccc4nc(C[C@@H]5CCCC[C@H]5O)sc4c3)ccn2)cn1. The standard InChI is InChI=1S/C25H25N3O3S/c1-30-24-9-6-17(15-27-24)21-13-19(10-11-26-21)31-18-7-8-20-23(14-18)32-25(28-20)12-16-4-2-3-5-22(16)29/h6-11,13-16,22,29H,2-5,12H2,1H3/t16-,22+/m0/s1. The van der Waals surface area contributed by atoms with Crippen LogP contribution in [-0.2, 0) is 6.42 Å². The molecule has 1 aliphatic carbocycles. The van der Waals surface area contributed by atoms with Gasteiger partial charge in [0.15, 0.2) is 0 Å². The molecule has 7 heteroatoms. The lowest BCUT2D eigenvalue weighted by molar-refractivity contribution is 0.0700. The smallest absolute Gasteiger partial charge is 0.212 e. The lowest BCUT2D eigenvalue weighted by atomic mass is 9.84. The van der Waals surface area contributed by atoms with Gasteiger partial charge in [0.25, 0.3) is 0 Å². The second-order valence-electron chi connectivity index (χ2n) is 8.12. The van der Waals surface area contributed by atoms with Gasteiger partial charge in [0.2, 0.25) is 5.88 Å². The number of rotatable bonds is 6. The van der Waals surface area contributed by atoms with Gasteiger partial charge >= 0.3 is 0 Å². The molecule has 1 saturated carbocycles. The van der Waals surface area contributed by atoms with Gasteiger partial charge in [-0.15, -0.1) is 11.3 Å². The fourth-order valence-corrected chi connectivity index (χ4v) is 5.26. The van der Waals surface area contributed by atoms with Gasteiger partial charge in [-0.2, -0.15) is 0 Å². The molecule has 3 heterocycles. The lowest BCUT2D eigenvalue weighted by Crippen LogP contribution is -2.26. The van der Waals surface area contributed by atoms with E-state index in [-0.39, 0.29) is 6.10 Å². The first-order valence-corrected chi connectivity index (χ1v) is 11.7. The Balaban J connectivity index is 1.32. The highest BCUT2D eigenvalue weighted by molar-refractivity contribution is 7.18. The number of aromatic nitrogens is 3. The summed E-state index contributed by atoms with van der Waals surface area (Å²) in [7, 11) is 1.59. The summed E-state index contributed by atoms with van der Waals surface area (Å²) in [5, 5.41) is 11.4. The summed E-state index contributed by atoms with van der Waals surface area (Å²) in [6.45, 7) is 0. The number of pyridine rings is 2. The van der Waals surface area contributed by atoms with Crippen LogP contribution >= 0.6 is 11.3 Å². The highest BCUT2D eigenvalue weighted by Crippen LogP contribution is 2.33. The summed E-state index contributed by atoms with van der Waals surface area (Å²) in [6.07, 6.45) is 8.44. The lowest BCUT2D eigenvalue weighted by Gasteiger charge is -2.26. The van der Waals surface area contributed by atoms with E-state index in [1.165, 1.54) is 6.42 Å². The Kier molecular flexibility index (Phi) is 6.01. The molecular weight excluding hydrogens is 422 g/mol. The zero-order valence-corrected chi connectivity index (χ0v) is 18.7. The van der Waals surface area contributed by atoms with E-state index in [1.807, 2.05) is 42.5 Å². The third kappa shape index (κ3) is 4.59. The molecule has 32 heavy (non-hydrogen) atoms. The fourth-order valence-electron chi connectivity index (χ4n) is 4.18. The summed E-state index contributed by atoms with van der Waals surface area (Å²) in [6, 6.07) is 13.4. The number of fused-ring (bicyclic) bond motifs is 1. The van der Waals surface area contributed by atoms with E-state index in [0.717, 1.165) is 57.9 Å². The van der Waals surface area contributed by atoms with E-state index < -0.39 is 0 Å². The van der Waals surface area contributed by atoms with E-state index >= 15 is 0 Å². The van der Waals surface area contributed by atoms with Crippen molar-refractivity contribution in [3.63, 3.8) is 0 Å². The van der Waals surface area contributed by atoms with E-state index in [9.17, 15) is 5.11 Å². The van der Waals surface area contributed by atoms with E-state index in [4.69, 9.17) is 14.5 Å². The van der Waals surface area contributed by atoms with Gasteiger partial charge in [-0.1, -0.05) is 12.8 Å². The molecule has 1 aliphatic rings. The topological polar surface area (TPSA) is 77.4 Å². The zero-order valence-electron chi connectivity index (χ0n) is 17.9. The van der Waals surface area contributed by atoms with Crippen molar-refractivity contribution in [2.75, 3.05) is 7.11 Å². The maximum Gasteiger partial charge on any atom is 0.212 e. The molecule has 164 valence electrons. The van der Waals surface area contributed by atoms with Crippen molar-refractivity contribution >= 4 is 21.6 Å². The molecule has 0 unspecified atom stereocenters. The van der Waals surface area contributed by atoms with Crippen molar-refractivity contribution in [3.05, 3.63) is 59.9 Å². The monoisotopic (exact) mass is 447 g/mol.